The second-order valence-corrected chi connectivity index (χ2v) is 12.8. The maximum absolute atomic E-state index is 10.7. The summed E-state index contributed by atoms with van der Waals surface area (Å²) in [6.45, 7) is 8.45. The van der Waals surface area contributed by atoms with Gasteiger partial charge in [-0.1, -0.05) is 48.0 Å². The molecule has 1 aliphatic rings. The zero-order valence-corrected chi connectivity index (χ0v) is 31.1. The van der Waals surface area contributed by atoms with Gasteiger partial charge in [-0.3, -0.25) is 0 Å². The highest BCUT2D eigenvalue weighted by molar-refractivity contribution is 6.73. The van der Waals surface area contributed by atoms with Crippen LogP contribution in [0.5, 0.6) is 34.5 Å². The van der Waals surface area contributed by atoms with Crippen molar-refractivity contribution in [3.63, 3.8) is 0 Å². The summed E-state index contributed by atoms with van der Waals surface area (Å²) in [5.74, 6) is 3.36. The molecular formula is C42H37B3N2O11. The van der Waals surface area contributed by atoms with E-state index in [4.69, 9.17) is 35.3 Å². The fourth-order valence-electron chi connectivity index (χ4n) is 5.79. The smallest absolute Gasteiger partial charge is 0.457 e. The van der Waals surface area contributed by atoms with Gasteiger partial charge in [-0.15, -0.1) is 0 Å². The molecule has 0 fully saturated rings. The molecule has 1 heterocycles. The number of nitrogens with zero attached hydrogens (tertiary/aromatic N) is 2. The minimum atomic E-state index is -1.58. The van der Waals surface area contributed by atoms with Crippen LogP contribution < -0.4 is 30.6 Å². The Morgan fingerprint density at radius 2 is 1.14 bits per heavy atom. The summed E-state index contributed by atoms with van der Waals surface area (Å²) < 4.78 is 27.8. The minimum absolute atomic E-state index is 0. The third kappa shape index (κ3) is 10.9. The molecular weight excluding hydrogens is 741 g/mol. The summed E-state index contributed by atoms with van der Waals surface area (Å²) in [6, 6.07) is 37.9. The predicted molar refractivity (Wildman–Crippen MR) is 219 cm³/mol. The first-order chi connectivity index (χ1) is 27.7. The normalized spacial score (nSPS) is 11.1. The maximum atomic E-state index is 10.7. The molecule has 290 valence electrons. The zero-order valence-electron chi connectivity index (χ0n) is 31.1. The molecule has 0 bridgehead atoms. The molecule has 1 aliphatic heterocycles. The van der Waals surface area contributed by atoms with Crippen LogP contribution in [0, 0.1) is 24.8 Å². The summed E-state index contributed by atoms with van der Waals surface area (Å²) in [6.07, 6.45) is 0. The minimum Gasteiger partial charge on any atom is -0.457 e. The van der Waals surface area contributed by atoms with Gasteiger partial charge in [0, 0.05) is 0 Å². The second-order valence-electron chi connectivity index (χ2n) is 12.8. The third-order valence-electron chi connectivity index (χ3n) is 8.81. The summed E-state index contributed by atoms with van der Waals surface area (Å²) in [4.78, 5) is 3.32. The van der Waals surface area contributed by atoms with Gasteiger partial charge in [-0.2, -0.15) is 5.26 Å². The van der Waals surface area contributed by atoms with Crippen molar-refractivity contribution in [3.05, 3.63) is 167 Å². The van der Waals surface area contributed by atoms with Crippen LogP contribution in [0.15, 0.2) is 127 Å². The first-order valence-corrected chi connectivity index (χ1v) is 17.7. The standard InChI is InChI=1S/C28H25B2NO7.C14H10BNO3.H2O/c1-19-2-6-23(7-3-19)36-25-10-12-27(21(14-25)17-32)29(34)38-30(35)28-13-11-26(15-22(28)18-33)37-24-8-4-20(16-31)5-9-24;1-16-11-2-4-12(5-3-11)19-13-6-7-14-10(8-13)9-18-15(14)17;/h2-15,32-35H,17-18H2,1H3;2-8,17H,9H2;1H2. The molecule has 0 spiro atoms. The van der Waals surface area contributed by atoms with Gasteiger partial charge >= 0.3 is 21.4 Å². The highest BCUT2D eigenvalue weighted by atomic mass is 16.5. The molecule has 7 N–H and O–H groups in total. The molecule has 0 atom stereocenters. The molecule has 7 rings (SSSR count). The van der Waals surface area contributed by atoms with E-state index in [-0.39, 0.29) is 23.0 Å². The van der Waals surface area contributed by atoms with Gasteiger partial charge < -0.3 is 54.2 Å². The summed E-state index contributed by atoms with van der Waals surface area (Å²) >= 11 is 0. The lowest BCUT2D eigenvalue weighted by atomic mass is 9.69. The van der Waals surface area contributed by atoms with E-state index < -0.39 is 28.0 Å². The number of aliphatic hydroxyl groups is 2. The van der Waals surface area contributed by atoms with Crippen LogP contribution in [0.25, 0.3) is 4.85 Å². The maximum Gasteiger partial charge on any atom is 0.491 e. The van der Waals surface area contributed by atoms with E-state index in [1.807, 2.05) is 43.3 Å². The Kier molecular flexibility index (Phi) is 14.8. The van der Waals surface area contributed by atoms with Gasteiger partial charge in [-0.25, -0.2) is 4.85 Å². The fourth-order valence-corrected chi connectivity index (χ4v) is 5.79. The van der Waals surface area contributed by atoms with E-state index in [9.17, 15) is 25.3 Å². The molecule has 6 aromatic rings. The number of ether oxygens (including phenoxy) is 3. The molecule has 0 aliphatic carbocycles. The van der Waals surface area contributed by atoms with Crippen molar-refractivity contribution < 1.29 is 54.2 Å². The van der Waals surface area contributed by atoms with Crippen molar-refractivity contribution in [2.24, 2.45) is 0 Å². The fraction of sp³-hybridized carbons (Fsp3) is 0.0952. The molecule has 0 radical (unpaired) electrons. The Morgan fingerprint density at radius 1 is 0.690 bits per heavy atom. The summed E-state index contributed by atoms with van der Waals surface area (Å²) in [7, 11) is -3.98. The SMILES string of the molecule is Cc1ccc(Oc2ccc(B(O)OB(O)c3ccc(Oc4ccc(C#N)cc4)cc3CO)c(CO)c2)cc1.O.[C-]#[N+]c1ccc(Oc2ccc3c(c2)COB3O)cc1. The Bertz CT molecular complexity index is 2390. The van der Waals surface area contributed by atoms with Gasteiger partial charge in [0.05, 0.1) is 38.0 Å². The average Bonchev–Trinajstić information content (AvgIpc) is 3.61. The van der Waals surface area contributed by atoms with Crippen molar-refractivity contribution in [2.75, 3.05) is 0 Å². The van der Waals surface area contributed by atoms with E-state index in [1.54, 1.807) is 91.0 Å². The van der Waals surface area contributed by atoms with Gasteiger partial charge in [0.2, 0.25) is 0 Å². The lowest BCUT2D eigenvalue weighted by Gasteiger charge is -2.18. The summed E-state index contributed by atoms with van der Waals surface area (Å²) in [5.41, 5.74) is 5.10. The van der Waals surface area contributed by atoms with E-state index in [0.717, 1.165) is 16.6 Å². The average molecular weight is 778 g/mol. The first-order valence-electron chi connectivity index (χ1n) is 17.7. The molecule has 13 nitrogen and oxygen atoms in total. The van der Waals surface area contributed by atoms with E-state index in [1.165, 1.54) is 6.07 Å². The Balaban J connectivity index is 0.000000267. The molecule has 16 heteroatoms. The monoisotopic (exact) mass is 778 g/mol. The zero-order chi connectivity index (χ0) is 40.3. The number of fused-ring (bicyclic) bond motifs is 1. The Labute approximate surface area is 336 Å². The Morgan fingerprint density at radius 3 is 1.62 bits per heavy atom. The lowest BCUT2D eigenvalue weighted by Crippen LogP contribution is -2.47. The molecule has 0 amide bonds. The number of benzene rings is 6. The summed E-state index contributed by atoms with van der Waals surface area (Å²) in [5, 5.41) is 59.5. The van der Waals surface area contributed by atoms with Crippen molar-refractivity contribution in [3.8, 4) is 40.6 Å². The third-order valence-corrected chi connectivity index (χ3v) is 8.81. The quantitative estimate of drug-likeness (QED) is 0.0889. The molecule has 58 heavy (non-hydrogen) atoms. The number of hydrogen-bond donors (Lipinski definition) is 5. The molecule has 0 saturated carbocycles. The molecule has 0 unspecified atom stereocenters. The van der Waals surface area contributed by atoms with E-state index in [2.05, 4.69) is 4.85 Å². The van der Waals surface area contributed by atoms with E-state index in [0.29, 0.717) is 63.5 Å². The highest BCUT2D eigenvalue weighted by Crippen LogP contribution is 2.27. The number of rotatable bonds is 12. The lowest BCUT2D eigenvalue weighted by molar-refractivity contribution is 0.275. The van der Waals surface area contributed by atoms with Crippen molar-refractivity contribution >= 4 is 43.4 Å². The number of nitriles is 1. The number of aryl methyl sites for hydroxylation is 1. The van der Waals surface area contributed by atoms with Crippen molar-refractivity contribution in [1.29, 1.82) is 5.26 Å². The van der Waals surface area contributed by atoms with Crippen molar-refractivity contribution in [2.45, 2.75) is 26.7 Å². The van der Waals surface area contributed by atoms with Crippen LogP contribution in [-0.2, 0) is 29.0 Å². The van der Waals surface area contributed by atoms with Crippen LogP contribution in [-0.4, -0.2) is 52.1 Å². The van der Waals surface area contributed by atoms with Crippen LogP contribution in [0.3, 0.4) is 0 Å². The second kappa shape index (κ2) is 20.1. The van der Waals surface area contributed by atoms with Crippen LogP contribution in [0.4, 0.5) is 5.69 Å². The van der Waals surface area contributed by atoms with Crippen LogP contribution >= 0.6 is 0 Å². The molecule has 6 aromatic carbocycles. The van der Waals surface area contributed by atoms with Crippen LogP contribution in [0.2, 0.25) is 0 Å². The van der Waals surface area contributed by atoms with Gasteiger partial charge in [0.25, 0.3) is 0 Å². The van der Waals surface area contributed by atoms with Gasteiger partial charge in [-0.05, 0) is 125 Å². The first kappa shape index (κ1) is 42.7. The van der Waals surface area contributed by atoms with Gasteiger partial charge in [0.15, 0.2) is 5.69 Å². The largest absolute Gasteiger partial charge is 0.491 e. The van der Waals surface area contributed by atoms with Crippen molar-refractivity contribution in [1.82, 2.24) is 0 Å². The Hall–Kier alpha value is -6.43. The van der Waals surface area contributed by atoms with Gasteiger partial charge in [0.1, 0.15) is 34.5 Å². The molecule has 0 saturated heterocycles. The number of hydrogen-bond acceptors (Lipinski definition) is 11. The van der Waals surface area contributed by atoms with E-state index >= 15 is 0 Å². The highest BCUT2D eigenvalue weighted by Gasteiger charge is 2.30. The number of aliphatic hydroxyl groups excluding tert-OH is 2. The predicted octanol–water partition coefficient (Wildman–Crippen LogP) is 3.95. The topological polar surface area (TPSA) is 207 Å². The molecule has 0 aromatic heterocycles. The van der Waals surface area contributed by atoms with Crippen LogP contribution in [0.1, 0.15) is 27.8 Å².